The molecule has 0 aliphatic carbocycles. The van der Waals surface area contributed by atoms with Crippen LogP contribution in [-0.2, 0) is 10.9 Å². The van der Waals surface area contributed by atoms with Gasteiger partial charge >= 0.3 is 6.18 Å². The molecule has 16 heavy (non-hydrogen) atoms. The Morgan fingerprint density at radius 2 is 2.00 bits per heavy atom. The Morgan fingerprint density at radius 1 is 1.25 bits per heavy atom. The third kappa shape index (κ3) is 1.98. The number of nitrogens with two attached hydrogens (primary N) is 1. The summed E-state index contributed by atoms with van der Waals surface area (Å²) in [5, 5.41) is 0. The molecule has 0 atom stereocenters. The van der Waals surface area contributed by atoms with Crippen molar-refractivity contribution in [2.75, 3.05) is 6.61 Å². The number of alkyl halides is 3. The van der Waals surface area contributed by atoms with Crippen molar-refractivity contribution in [1.82, 2.24) is 0 Å². The molecule has 2 N–H and O–H groups in total. The first-order valence-electron chi connectivity index (χ1n) is 4.77. The van der Waals surface area contributed by atoms with Crippen molar-refractivity contribution in [3.05, 3.63) is 41.3 Å². The van der Waals surface area contributed by atoms with Crippen LogP contribution < -0.4 is 5.73 Å². The fourth-order valence-corrected chi connectivity index (χ4v) is 1.64. The molecule has 5 heteroatoms. The Bertz CT molecular complexity index is 437. The number of rotatable bonds is 1. The summed E-state index contributed by atoms with van der Waals surface area (Å²) < 4.78 is 42.4. The largest absolute Gasteiger partial charge is 0.479 e. The second kappa shape index (κ2) is 3.73. The summed E-state index contributed by atoms with van der Waals surface area (Å²) in [7, 11) is 0. The molecule has 2 rings (SSSR count). The van der Waals surface area contributed by atoms with Gasteiger partial charge in [0, 0.05) is 12.0 Å². The number of ether oxygens (including phenoxy) is 1. The molecule has 1 aromatic rings. The molecular formula is C11H10F3NO. The van der Waals surface area contributed by atoms with Crippen molar-refractivity contribution in [1.29, 1.82) is 0 Å². The monoisotopic (exact) mass is 229 g/mol. The summed E-state index contributed by atoms with van der Waals surface area (Å²) in [6.07, 6.45) is -3.78. The van der Waals surface area contributed by atoms with Crippen LogP contribution in [0.3, 0.4) is 0 Å². The molecule has 0 radical (unpaired) electrons. The van der Waals surface area contributed by atoms with Gasteiger partial charge in [0.15, 0.2) is 5.88 Å². The molecule has 1 aliphatic rings. The van der Waals surface area contributed by atoms with E-state index in [1.165, 1.54) is 6.07 Å². The van der Waals surface area contributed by atoms with Crippen molar-refractivity contribution >= 4 is 5.57 Å². The zero-order chi connectivity index (χ0) is 11.8. The van der Waals surface area contributed by atoms with Gasteiger partial charge in [0.1, 0.15) is 0 Å². The normalized spacial score (nSPS) is 16.4. The molecule has 0 saturated carbocycles. The highest BCUT2D eigenvalue weighted by atomic mass is 19.4. The average molecular weight is 229 g/mol. The van der Waals surface area contributed by atoms with Crippen LogP contribution in [0, 0.1) is 0 Å². The number of hydrogen-bond donors (Lipinski definition) is 1. The van der Waals surface area contributed by atoms with E-state index in [1.807, 2.05) is 0 Å². The number of halogens is 3. The molecule has 1 aromatic carbocycles. The lowest BCUT2D eigenvalue weighted by atomic mass is 10.0. The molecule has 0 fully saturated rings. The Morgan fingerprint density at radius 3 is 2.56 bits per heavy atom. The molecule has 0 aromatic heterocycles. The predicted octanol–water partition coefficient (Wildman–Crippen LogP) is 2.75. The van der Waals surface area contributed by atoms with E-state index in [4.69, 9.17) is 10.5 Å². The lowest BCUT2D eigenvalue weighted by Crippen LogP contribution is -2.05. The zero-order valence-corrected chi connectivity index (χ0v) is 8.34. The van der Waals surface area contributed by atoms with Crippen LogP contribution in [0.2, 0.25) is 0 Å². The summed E-state index contributed by atoms with van der Waals surface area (Å²) in [6.45, 7) is 0.428. The van der Waals surface area contributed by atoms with Gasteiger partial charge < -0.3 is 10.5 Å². The third-order valence-corrected chi connectivity index (χ3v) is 2.45. The van der Waals surface area contributed by atoms with Gasteiger partial charge in [-0.1, -0.05) is 12.1 Å². The Balaban J connectivity index is 2.40. The fourth-order valence-electron chi connectivity index (χ4n) is 1.64. The van der Waals surface area contributed by atoms with Crippen LogP contribution in [0.1, 0.15) is 17.5 Å². The quantitative estimate of drug-likeness (QED) is 0.803. The van der Waals surface area contributed by atoms with Gasteiger partial charge in [0.2, 0.25) is 0 Å². The molecule has 0 unspecified atom stereocenters. The zero-order valence-electron chi connectivity index (χ0n) is 8.34. The topological polar surface area (TPSA) is 35.2 Å². The Kier molecular flexibility index (Phi) is 2.53. The minimum absolute atomic E-state index is 0.222. The first kappa shape index (κ1) is 10.9. The van der Waals surface area contributed by atoms with Crippen LogP contribution in [0.5, 0.6) is 0 Å². The van der Waals surface area contributed by atoms with Gasteiger partial charge in [-0.2, -0.15) is 13.2 Å². The molecule has 0 spiro atoms. The molecule has 1 aliphatic heterocycles. The molecule has 0 saturated heterocycles. The Hall–Kier alpha value is -1.65. The third-order valence-electron chi connectivity index (χ3n) is 2.45. The standard InChI is InChI=1S/C11H10F3NO/c12-11(13,14)8-3-1-2-7(6-8)9-4-5-16-10(9)15/h1-3,6H,4-5,15H2. The van der Waals surface area contributed by atoms with Crippen LogP contribution in [-0.4, -0.2) is 6.61 Å². The maximum atomic E-state index is 12.5. The summed E-state index contributed by atoms with van der Waals surface area (Å²) in [5.41, 5.74) is 6.00. The maximum Gasteiger partial charge on any atom is 0.416 e. The fraction of sp³-hybridized carbons (Fsp3) is 0.273. The highest BCUT2D eigenvalue weighted by molar-refractivity contribution is 5.68. The van der Waals surface area contributed by atoms with Crippen LogP contribution in [0.4, 0.5) is 13.2 Å². The highest BCUT2D eigenvalue weighted by Crippen LogP contribution is 2.33. The maximum absolute atomic E-state index is 12.5. The van der Waals surface area contributed by atoms with Crippen molar-refractivity contribution in [3.63, 3.8) is 0 Å². The first-order valence-corrected chi connectivity index (χ1v) is 4.77. The minimum atomic E-state index is -4.33. The Labute approximate surface area is 90.5 Å². The molecule has 86 valence electrons. The highest BCUT2D eigenvalue weighted by Gasteiger charge is 2.31. The van der Waals surface area contributed by atoms with E-state index in [2.05, 4.69) is 0 Å². The average Bonchev–Trinajstić information content (AvgIpc) is 2.63. The van der Waals surface area contributed by atoms with Crippen LogP contribution in [0.25, 0.3) is 5.57 Å². The second-order valence-electron chi connectivity index (χ2n) is 3.52. The van der Waals surface area contributed by atoms with Crippen molar-refractivity contribution in [2.45, 2.75) is 12.6 Å². The molecule has 1 heterocycles. The van der Waals surface area contributed by atoms with Gasteiger partial charge in [-0.15, -0.1) is 0 Å². The minimum Gasteiger partial charge on any atom is -0.479 e. The van der Waals surface area contributed by atoms with E-state index in [1.54, 1.807) is 6.07 Å². The van der Waals surface area contributed by atoms with Crippen molar-refractivity contribution in [2.24, 2.45) is 5.73 Å². The lowest BCUT2D eigenvalue weighted by Gasteiger charge is -2.08. The van der Waals surface area contributed by atoms with E-state index < -0.39 is 11.7 Å². The lowest BCUT2D eigenvalue weighted by molar-refractivity contribution is -0.137. The van der Waals surface area contributed by atoms with Gasteiger partial charge in [0.25, 0.3) is 0 Å². The van der Waals surface area contributed by atoms with Gasteiger partial charge in [0.05, 0.1) is 12.2 Å². The SMILES string of the molecule is NC1=C(c2cccc(C(F)(F)F)c2)CCO1. The summed E-state index contributed by atoms with van der Waals surface area (Å²) in [6, 6.07) is 5.11. The van der Waals surface area contributed by atoms with E-state index >= 15 is 0 Å². The molecule has 0 bridgehead atoms. The van der Waals surface area contributed by atoms with Crippen LogP contribution >= 0.6 is 0 Å². The molecular weight excluding hydrogens is 219 g/mol. The van der Waals surface area contributed by atoms with Crippen molar-refractivity contribution < 1.29 is 17.9 Å². The number of benzene rings is 1. The van der Waals surface area contributed by atoms with E-state index in [0.717, 1.165) is 12.1 Å². The van der Waals surface area contributed by atoms with E-state index in [9.17, 15) is 13.2 Å². The van der Waals surface area contributed by atoms with E-state index in [0.29, 0.717) is 24.2 Å². The summed E-state index contributed by atoms with van der Waals surface area (Å²) in [5.74, 6) is 0.222. The van der Waals surface area contributed by atoms with Crippen LogP contribution in [0.15, 0.2) is 30.1 Å². The van der Waals surface area contributed by atoms with Gasteiger partial charge in [-0.25, -0.2) is 0 Å². The van der Waals surface area contributed by atoms with Crippen molar-refractivity contribution in [3.8, 4) is 0 Å². The summed E-state index contributed by atoms with van der Waals surface area (Å²) >= 11 is 0. The second-order valence-corrected chi connectivity index (χ2v) is 3.52. The number of hydrogen-bond acceptors (Lipinski definition) is 2. The first-order chi connectivity index (χ1) is 7.48. The summed E-state index contributed by atoms with van der Waals surface area (Å²) in [4.78, 5) is 0. The van der Waals surface area contributed by atoms with Gasteiger partial charge in [-0.3, -0.25) is 0 Å². The molecule has 0 amide bonds. The van der Waals surface area contributed by atoms with Gasteiger partial charge in [-0.05, 0) is 17.7 Å². The predicted molar refractivity (Wildman–Crippen MR) is 53.1 cm³/mol. The molecule has 2 nitrogen and oxygen atoms in total. The van der Waals surface area contributed by atoms with E-state index in [-0.39, 0.29) is 5.88 Å². The smallest absolute Gasteiger partial charge is 0.416 e.